The van der Waals surface area contributed by atoms with Crippen molar-refractivity contribution in [3.63, 3.8) is 0 Å². The molecule has 0 unspecified atom stereocenters. The van der Waals surface area contributed by atoms with Crippen molar-refractivity contribution in [2.24, 2.45) is 5.92 Å². The van der Waals surface area contributed by atoms with Gasteiger partial charge in [0.25, 0.3) is 0 Å². The van der Waals surface area contributed by atoms with Gasteiger partial charge in [-0.3, -0.25) is 0 Å². The molecule has 0 radical (unpaired) electrons. The van der Waals surface area contributed by atoms with E-state index in [2.05, 4.69) is 25.7 Å². The second-order valence-electron chi connectivity index (χ2n) is 3.65. The van der Waals surface area contributed by atoms with Gasteiger partial charge in [0, 0.05) is 18.1 Å². The zero-order valence-corrected chi connectivity index (χ0v) is 9.83. The summed E-state index contributed by atoms with van der Waals surface area (Å²) in [6.45, 7) is 10.6. The Morgan fingerprint density at radius 3 is 2.77 bits per heavy atom. The zero-order chi connectivity index (χ0) is 9.94. The third-order valence-electron chi connectivity index (χ3n) is 1.79. The van der Waals surface area contributed by atoms with E-state index in [1.807, 2.05) is 17.8 Å². The summed E-state index contributed by atoms with van der Waals surface area (Å²) in [6, 6.07) is 0. The SMILES string of the molecule is C=CCSCCNCCCC(C)C. The summed E-state index contributed by atoms with van der Waals surface area (Å²) in [7, 11) is 0. The Bertz CT molecular complexity index is 113. The van der Waals surface area contributed by atoms with Gasteiger partial charge in [0.05, 0.1) is 0 Å². The van der Waals surface area contributed by atoms with Crippen LogP contribution < -0.4 is 5.32 Å². The molecule has 0 aromatic heterocycles. The highest BCUT2D eigenvalue weighted by molar-refractivity contribution is 7.99. The third kappa shape index (κ3) is 12.1. The molecule has 1 N–H and O–H groups in total. The molecular formula is C11H23NS. The molecule has 1 nitrogen and oxygen atoms in total. The van der Waals surface area contributed by atoms with Crippen molar-refractivity contribution in [2.45, 2.75) is 26.7 Å². The molecule has 0 saturated carbocycles. The summed E-state index contributed by atoms with van der Waals surface area (Å²) in [5.41, 5.74) is 0. The molecule has 2 heteroatoms. The summed E-state index contributed by atoms with van der Waals surface area (Å²) in [5, 5.41) is 3.44. The second kappa shape index (κ2) is 10.1. The van der Waals surface area contributed by atoms with Crippen LogP contribution >= 0.6 is 11.8 Å². The smallest absolute Gasteiger partial charge is 0.0111 e. The largest absolute Gasteiger partial charge is 0.316 e. The van der Waals surface area contributed by atoms with E-state index < -0.39 is 0 Å². The molecule has 0 fully saturated rings. The van der Waals surface area contributed by atoms with Crippen LogP contribution in [-0.2, 0) is 0 Å². The summed E-state index contributed by atoms with van der Waals surface area (Å²) in [6.07, 6.45) is 4.61. The minimum Gasteiger partial charge on any atom is -0.316 e. The molecule has 0 saturated heterocycles. The van der Waals surface area contributed by atoms with Crippen molar-refractivity contribution >= 4 is 11.8 Å². The van der Waals surface area contributed by atoms with E-state index in [4.69, 9.17) is 0 Å². The van der Waals surface area contributed by atoms with E-state index in [1.54, 1.807) is 0 Å². The van der Waals surface area contributed by atoms with E-state index in [0.29, 0.717) is 0 Å². The highest BCUT2D eigenvalue weighted by Crippen LogP contribution is 2.02. The van der Waals surface area contributed by atoms with Gasteiger partial charge in [-0.2, -0.15) is 11.8 Å². The fraction of sp³-hybridized carbons (Fsp3) is 0.818. The van der Waals surface area contributed by atoms with Crippen molar-refractivity contribution < 1.29 is 0 Å². The fourth-order valence-electron chi connectivity index (χ4n) is 1.07. The van der Waals surface area contributed by atoms with E-state index in [1.165, 1.54) is 25.1 Å². The topological polar surface area (TPSA) is 12.0 Å². The lowest BCUT2D eigenvalue weighted by molar-refractivity contribution is 0.534. The van der Waals surface area contributed by atoms with Gasteiger partial charge in [-0.15, -0.1) is 6.58 Å². The monoisotopic (exact) mass is 201 g/mol. The first-order valence-corrected chi connectivity index (χ1v) is 6.32. The lowest BCUT2D eigenvalue weighted by atomic mass is 10.1. The van der Waals surface area contributed by atoms with Crippen LogP contribution in [0, 0.1) is 5.92 Å². The standard InChI is InChI=1S/C11H23NS/c1-4-9-13-10-8-12-7-5-6-11(2)3/h4,11-12H,1,5-10H2,2-3H3. The minimum absolute atomic E-state index is 0.844. The molecule has 13 heavy (non-hydrogen) atoms. The van der Waals surface area contributed by atoms with Gasteiger partial charge in [-0.1, -0.05) is 19.9 Å². The summed E-state index contributed by atoms with van der Waals surface area (Å²) < 4.78 is 0. The van der Waals surface area contributed by atoms with Crippen molar-refractivity contribution in [1.29, 1.82) is 0 Å². The molecule has 0 aliphatic heterocycles. The van der Waals surface area contributed by atoms with Crippen molar-refractivity contribution in [3.05, 3.63) is 12.7 Å². The molecule has 0 aliphatic rings. The summed E-state index contributed by atoms with van der Waals surface area (Å²) >= 11 is 1.94. The number of hydrogen-bond donors (Lipinski definition) is 1. The minimum atomic E-state index is 0.844. The Hall–Kier alpha value is 0.0500. The lowest BCUT2D eigenvalue weighted by Crippen LogP contribution is -2.18. The van der Waals surface area contributed by atoms with Gasteiger partial charge in [0.2, 0.25) is 0 Å². The maximum atomic E-state index is 3.69. The van der Waals surface area contributed by atoms with E-state index in [0.717, 1.165) is 18.2 Å². The predicted molar refractivity (Wildman–Crippen MR) is 64.5 cm³/mol. The molecule has 0 heterocycles. The fourth-order valence-corrected chi connectivity index (χ4v) is 1.69. The molecule has 78 valence electrons. The molecule has 0 spiro atoms. The summed E-state index contributed by atoms with van der Waals surface area (Å²) in [5.74, 6) is 3.12. The van der Waals surface area contributed by atoms with Crippen LogP contribution in [0.1, 0.15) is 26.7 Å². The Labute approximate surface area is 87.4 Å². The Kier molecular flexibility index (Phi) is 10.2. The summed E-state index contributed by atoms with van der Waals surface area (Å²) in [4.78, 5) is 0. The van der Waals surface area contributed by atoms with Crippen LogP contribution in [0.3, 0.4) is 0 Å². The van der Waals surface area contributed by atoms with Crippen molar-refractivity contribution in [3.8, 4) is 0 Å². The van der Waals surface area contributed by atoms with Gasteiger partial charge in [0.1, 0.15) is 0 Å². The van der Waals surface area contributed by atoms with Gasteiger partial charge < -0.3 is 5.32 Å². The average Bonchev–Trinajstić information content (AvgIpc) is 2.09. The molecule has 0 aromatic carbocycles. The quantitative estimate of drug-likeness (QED) is 0.455. The third-order valence-corrected chi connectivity index (χ3v) is 2.76. The van der Waals surface area contributed by atoms with Crippen LogP contribution in [0.2, 0.25) is 0 Å². The number of nitrogens with one attached hydrogen (secondary N) is 1. The van der Waals surface area contributed by atoms with E-state index in [9.17, 15) is 0 Å². The van der Waals surface area contributed by atoms with Gasteiger partial charge >= 0.3 is 0 Å². The predicted octanol–water partition coefficient (Wildman–Crippen LogP) is 2.93. The Morgan fingerprint density at radius 1 is 1.38 bits per heavy atom. The molecule has 0 atom stereocenters. The molecular weight excluding hydrogens is 178 g/mol. The van der Waals surface area contributed by atoms with E-state index in [-0.39, 0.29) is 0 Å². The maximum Gasteiger partial charge on any atom is 0.0111 e. The maximum absolute atomic E-state index is 3.69. The van der Waals surface area contributed by atoms with Crippen LogP contribution in [0.4, 0.5) is 0 Å². The zero-order valence-electron chi connectivity index (χ0n) is 9.01. The Morgan fingerprint density at radius 2 is 2.15 bits per heavy atom. The lowest BCUT2D eigenvalue weighted by Gasteiger charge is -2.05. The van der Waals surface area contributed by atoms with Gasteiger partial charge in [-0.05, 0) is 25.3 Å². The molecule has 0 amide bonds. The normalized spacial score (nSPS) is 10.7. The van der Waals surface area contributed by atoms with Gasteiger partial charge in [-0.25, -0.2) is 0 Å². The van der Waals surface area contributed by atoms with Crippen LogP contribution in [-0.4, -0.2) is 24.6 Å². The average molecular weight is 201 g/mol. The number of rotatable bonds is 9. The highest BCUT2D eigenvalue weighted by atomic mass is 32.2. The first-order chi connectivity index (χ1) is 6.27. The first kappa shape index (κ1) is 13.1. The molecule has 0 rings (SSSR count). The van der Waals surface area contributed by atoms with E-state index >= 15 is 0 Å². The highest BCUT2D eigenvalue weighted by Gasteiger charge is 1.93. The van der Waals surface area contributed by atoms with Crippen molar-refractivity contribution in [1.82, 2.24) is 5.32 Å². The van der Waals surface area contributed by atoms with Crippen LogP contribution in [0.15, 0.2) is 12.7 Å². The van der Waals surface area contributed by atoms with Crippen LogP contribution in [0.25, 0.3) is 0 Å². The molecule has 0 bridgehead atoms. The number of hydrogen-bond acceptors (Lipinski definition) is 2. The second-order valence-corrected chi connectivity index (χ2v) is 4.80. The molecule has 0 aliphatic carbocycles. The Balaban J connectivity index is 2.87. The van der Waals surface area contributed by atoms with Crippen molar-refractivity contribution in [2.75, 3.05) is 24.6 Å². The van der Waals surface area contributed by atoms with Crippen LogP contribution in [0.5, 0.6) is 0 Å². The number of thioether (sulfide) groups is 1. The molecule has 0 aromatic rings. The first-order valence-electron chi connectivity index (χ1n) is 5.16. The van der Waals surface area contributed by atoms with Gasteiger partial charge in [0.15, 0.2) is 0 Å².